The van der Waals surface area contributed by atoms with Gasteiger partial charge in [0.05, 0.1) is 0 Å². The molecule has 4 rings (SSSR count). The number of carbonyl (C=O) groups is 2. The Bertz CT molecular complexity index is 1050. The lowest BCUT2D eigenvalue weighted by atomic mass is 9.98. The molecule has 6 heteroatoms. The normalized spacial score (nSPS) is 13.3. The summed E-state index contributed by atoms with van der Waals surface area (Å²) < 4.78 is 5.49. The first-order chi connectivity index (χ1) is 15.5. The molecular formula is C26H26N2O4. The lowest BCUT2D eigenvalue weighted by molar-refractivity contribution is -0.139. The van der Waals surface area contributed by atoms with Crippen LogP contribution >= 0.6 is 0 Å². The Kier molecular flexibility index (Phi) is 6.52. The summed E-state index contributed by atoms with van der Waals surface area (Å²) >= 11 is 0. The fourth-order valence-electron chi connectivity index (χ4n) is 4.24. The minimum Gasteiger partial charge on any atom is -0.480 e. The standard InChI is InChI=1S/C26H26N2O4/c1-28(15-18-9-3-2-4-10-18)16-24(25(29)30)27-26(31)32-17-23-21-13-7-5-11-19(21)20-12-6-8-14-22(20)23/h2-14,23-24H,15-17H2,1H3,(H,27,31)(H,29,30)/t24-/m1/s1. The van der Waals surface area contributed by atoms with E-state index in [4.69, 9.17) is 4.74 Å². The topological polar surface area (TPSA) is 78.9 Å². The van der Waals surface area contributed by atoms with Crippen molar-refractivity contribution in [3.05, 3.63) is 95.6 Å². The van der Waals surface area contributed by atoms with Crippen LogP contribution < -0.4 is 5.32 Å². The summed E-state index contributed by atoms with van der Waals surface area (Å²) in [5, 5.41) is 12.1. The number of amides is 1. The number of ether oxygens (including phenoxy) is 1. The van der Waals surface area contributed by atoms with E-state index in [0.717, 1.165) is 27.8 Å². The Balaban J connectivity index is 1.37. The first kappa shape index (κ1) is 21.6. The minimum absolute atomic E-state index is 0.0721. The van der Waals surface area contributed by atoms with Crippen LogP contribution in [0.3, 0.4) is 0 Å². The van der Waals surface area contributed by atoms with Crippen LogP contribution in [0.15, 0.2) is 78.9 Å². The molecular weight excluding hydrogens is 404 g/mol. The number of hydrogen-bond acceptors (Lipinski definition) is 4. The van der Waals surface area contributed by atoms with Crippen LogP contribution in [-0.2, 0) is 16.1 Å². The highest BCUT2D eigenvalue weighted by Crippen LogP contribution is 2.44. The summed E-state index contributed by atoms with van der Waals surface area (Å²) in [5.74, 6) is -1.17. The number of nitrogens with one attached hydrogen (secondary N) is 1. The molecule has 0 saturated heterocycles. The molecule has 0 bridgehead atoms. The van der Waals surface area contributed by atoms with Crippen molar-refractivity contribution in [3.63, 3.8) is 0 Å². The van der Waals surface area contributed by atoms with E-state index < -0.39 is 18.1 Å². The van der Waals surface area contributed by atoms with E-state index in [1.54, 1.807) is 0 Å². The molecule has 164 valence electrons. The lowest BCUT2D eigenvalue weighted by Gasteiger charge is -2.22. The summed E-state index contributed by atoms with van der Waals surface area (Å²) in [6, 6.07) is 24.8. The molecule has 0 aromatic heterocycles. The molecule has 0 radical (unpaired) electrons. The molecule has 6 nitrogen and oxygen atoms in total. The monoisotopic (exact) mass is 430 g/mol. The molecule has 1 atom stereocenters. The zero-order valence-corrected chi connectivity index (χ0v) is 17.9. The van der Waals surface area contributed by atoms with Gasteiger partial charge in [0.1, 0.15) is 12.6 Å². The molecule has 2 N–H and O–H groups in total. The molecule has 3 aromatic carbocycles. The Morgan fingerprint density at radius 1 is 0.938 bits per heavy atom. The number of fused-ring (bicyclic) bond motifs is 3. The van der Waals surface area contributed by atoms with Crippen molar-refractivity contribution in [1.82, 2.24) is 10.2 Å². The highest BCUT2D eigenvalue weighted by molar-refractivity contribution is 5.81. The Morgan fingerprint density at radius 3 is 2.09 bits per heavy atom. The molecule has 1 amide bonds. The van der Waals surface area contributed by atoms with E-state index in [2.05, 4.69) is 17.4 Å². The molecule has 32 heavy (non-hydrogen) atoms. The summed E-state index contributed by atoms with van der Waals surface area (Å²) in [7, 11) is 1.82. The summed E-state index contributed by atoms with van der Waals surface area (Å²) in [6.07, 6.45) is -0.729. The third-order valence-corrected chi connectivity index (χ3v) is 5.72. The van der Waals surface area contributed by atoms with Crippen molar-refractivity contribution in [1.29, 1.82) is 0 Å². The molecule has 0 aliphatic heterocycles. The van der Waals surface area contributed by atoms with E-state index >= 15 is 0 Å². The van der Waals surface area contributed by atoms with E-state index in [1.807, 2.05) is 78.7 Å². The number of alkyl carbamates (subject to hydrolysis) is 1. The van der Waals surface area contributed by atoms with Crippen LogP contribution in [0.2, 0.25) is 0 Å². The summed E-state index contributed by atoms with van der Waals surface area (Å²) in [4.78, 5) is 26.0. The van der Waals surface area contributed by atoms with Crippen LogP contribution in [0.5, 0.6) is 0 Å². The Labute approximate surface area is 187 Å². The molecule has 1 aliphatic carbocycles. The van der Waals surface area contributed by atoms with Gasteiger partial charge in [0.15, 0.2) is 0 Å². The SMILES string of the molecule is CN(Cc1ccccc1)C[C@@H](NC(=O)OCC1c2ccccc2-c2ccccc21)C(=O)O. The first-order valence-electron chi connectivity index (χ1n) is 10.6. The fourth-order valence-corrected chi connectivity index (χ4v) is 4.24. The quantitative estimate of drug-likeness (QED) is 0.562. The summed E-state index contributed by atoms with van der Waals surface area (Å²) in [6.45, 7) is 0.886. The van der Waals surface area contributed by atoms with Gasteiger partial charge in [-0.05, 0) is 34.9 Å². The van der Waals surface area contributed by atoms with Crippen LogP contribution in [0.25, 0.3) is 11.1 Å². The van der Waals surface area contributed by atoms with Crippen LogP contribution in [0.1, 0.15) is 22.6 Å². The highest BCUT2D eigenvalue weighted by atomic mass is 16.5. The fraction of sp³-hybridized carbons (Fsp3) is 0.231. The van der Waals surface area contributed by atoms with Gasteiger partial charge in [0, 0.05) is 19.0 Å². The van der Waals surface area contributed by atoms with Gasteiger partial charge in [-0.2, -0.15) is 0 Å². The maximum Gasteiger partial charge on any atom is 0.407 e. The van der Waals surface area contributed by atoms with Gasteiger partial charge in [0.25, 0.3) is 0 Å². The molecule has 0 spiro atoms. The number of carbonyl (C=O) groups excluding carboxylic acids is 1. The van der Waals surface area contributed by atoms with Gasteiger partial charge in [-0.15, -0.1) is 0 Å². The van der Waals surface area contributed by atoms with Gasteiger partial charge in [-0.1, -0.05) is 78.9 Å². The van der Waals surface area contributed by atoms with E-state index in [1.165, 1.54) is 0 Å². The molecule has 0 saturated carbocycles. The molecule has 0 heterocycles. The number of rotatable bonds is 8. The van der Waals surface area contributed by atoms with Crippen LogP contribution in [0, 0.1) is 0 Å². The van der Waals surface area contributed by atoms with E-state index in [9.17, 15) is 14.7 Å². The Hall–Kier alpha value is -3.64. The Morgan fingerprint density at radius 2 is 1.50 bits per heavy atom. The van der Waals surface area contributed by atoms with Gasteiger partial charge < -0.3 is 15.2 Å². The van der Waals surface area contributed by atoms with Crippen molar-refractivity contribution >= 4 is 12.1 Å². The minimum atomic E-state index is -1.10. The predicted octanol–water partition coefficient (Wildman–Crippen LogP) is 4.11. The maximum absolute atomic E-state index is 12.5. The van der Waals surface area contributed by atoms with E-state index in [-0.39, 0.29) is 19.1 Å². The lowest BCUT2D eigenvalue weighted by Crippen LogP contribution is -2.47. The second kappa shape index (κ2) is 9.66. The van der Waals surface area contributed by atoms with Gasteiger partial charge in [0.2, 0.25) is 0 Å². The number of carboxylic acids is 1. The number of carboxylic acid groups (broad SMARTS) is 1. The largest absolute Gasteiger partial charge is 0.480 e. The first-order valence-corrected chi connectivity index (χ1v) is 10.6. The van der Waals surface area contributed by atoms with Crippen molar-refractivity contribution in [2.45, 2.75) is 18.5 Å². The average molecular weight is 431 g/mol. The molecule has 0 fully saturated rings. The molecule has 3 aromatic rings. The molecule has 1 aliphatic rings. The second-order valence-corrected chi connectivity index (χ2v) is 8.04. The van der Waals surface area contributed by atoms with Gasteiger partial charge >= 0.3 is 12.1 Å². The van der Waals surface area contributed by atoms with Crippen molar-refractivity contribution < 1.29 is 19.4 Å². The van der Waals surface area contributed by atoms with Crippen LogP contribution in [0.4, 0.5) is 4.79 Å². The number of nitrogens with zero attached hydrogens (tertiary/aromatic N) is 1. The average Bonchev–Trinajstić information content (AvgIpc) is 3.11. The van der Waals surface area contributed by atoms with Gasteiger partial charge in [-0.3, -0.25) is 4.90 Å². The van der Waals surface area contributed by atoms with Crippen LogP contribution in [-0.4, -0.2) is 48.3 Å². The number of likely N-dealkylation sites (N-methyl/N-ethyl adjacent to an activating group) is 1. The van der Waals surface area contributed by atoms with Gasteiger partial charge in [-0.25, -0.2) is 9.59 Å². The third-order valence-electron chi connectivity index (χ3n) is 5.72. The van der Waals surface area contributed by atoms with Crippen molar-refractivity contribution in [3.8, 4) is 11.1 Å². The van der Waals surface area contributed by atoms with Crippen molar-refractivity contribution in [2.24, 2.45) is 0 Å². The number of benzene rings is 3. The molecule has 0 unspecified atom stereocenters. The van der Waals surface area contributed by atoms with Crippen molar-refractivity contribution in [2.75, 3.05) is 20.2 Å². The smallest absolute Gasteiger partial charge is 0.407 e. The number of aliphatic carboxylic acids is 1. The highest BCUT2D eigenvalue weighted by Gasteiger charge is 2.30. The second-order valence-electron chi connectivity index (χ2n) is 8.04. The summed E-state index contributed by atoms with van der Waals surface area (Å²) in [5.41, 5.74) is 5.57. The number of hydrogen-bond donors (Lipinski definition) is 2. The van der Waals surface area contributed by atoms with E-state index in [0.29, 0.717) is 6.54 Å². The zero-order chi connectivity index (χ0) is 22.5. The zero-order valence-electron chi connectivity index (χ0n) is 17.9. The maximum atomic E-state index is 12.5. The third kappa shape index (κ3) is 4.81. The predicted molar refractivity (Wildman–Crippen MR) is 122 cm³/mol.